The molecular weight excluding hydrogens is 235 g/mol. The van der Waals surface area contributed by atoms with E-state index in [0.717, 1.165) is 0 Å². The van der Waals surface area contributed by atoms with Crippen molar-refractivity contribution < 1.29 is 14.3 Å². The fraction of sp³-hybridized carbons (Fsp3) is 0. The van der Waals surface area contributed by atoms with Crippen LogP contribution in [0.25, 0.3) is 0 Å². The number of hydrogen-bond donors (Lipinski definition) is 2. The Balaban J connectivity index is 2.13. The minimum absolute atomic E-state index is 0.0309. The molecule has 0 saturated carbocycles. The number of nitrogens with two attached hydrogens (primary N) is 1. The number of ether oxygens (including phenoxy) is 1. The second kappa shape index (κ2) is 5.18. The zero-order valence-corrected chi connectivity index (χ0v) is 9.38. The van der Waals surface area contributed by atoms with Crippen molar-refractivity contribution in [3.63, 3.8) is 0 Å². The summed E-state index contributed by atoms with van der Waals surface area (Å²) in [6.07, 6.45) is 0. The molecule has 2 rings (SSSR count). The third kappa shape index (κ3) is 2.76. The molecule has 0 aliphatic rings. The predicted molar refractivity (Wildman–Crippen MR) is 65.4 cm³/mol. The largest absolute Gasteiger partial charge is 0.457 e. The van der Waals surface area contributed by atoms with Gasteiger partial charge >= 0.3 is 0 Å². The smallest absolute Gasteiger partial charge is 0.170 e. The number of rotatable bonds is 3. The van der Waals surface area contributed by atoms with Gasteiger partial charge in [-0.1, -0.05) is 5.16 Å². The van der Waals surface area contributed by atoms with Gasteiger partial charge in [-0.3, -0.25) is 0 Å². The van der Waals surface area contributed by atoms with Gasteiger partial charge in [0.05, 0.1) is 0 Å². The molecule has 0 bridgehead atoms. The van der Waals surface area contributed by atoms with Gasteiger partial charge < -0.3 is 15.7 Å². The molecule has 2 aromatic rings. The van der Waals surface area contributed by atoms with Crippen LogP contribution in [-0.4, -0.2) is 11.0 Å². The molecule has 0 unspecified atom stereocenters. The molecule has 18 heavy (non-hydrogen) atoms. The molecule has 5 heteroatoms. The molecule has 0 fully saturated rings. The number of halogens is 1. The molecule has 0 saturated heterocycles. The van der Waals surface area contributed by atoms with Crippen LogP contribution < -0.4 is 10.5 Å². The summed E-state index contributed by atoms with van der Waals surface area (Å²) in [5, 5.41) is 11.4. The number of benzene rings is 2. The normalized spacial score (nSPS) is 11.3. The van der Waals surface area contributed by atoms with E-state index in [1.807, 2.05) is 0 Å². The standard InChI is InChI=1S/C13H11FN2O2/c14-10-3-7-12(8-4-10)18-11-5-1-9(2-6-11)13(15)16-17/h1-8,17H,(H2,15,16). The van der Waals surface area contributed by atoms with E-state index in [4.69, 9.17) is 15.7 Å². The summed E-state index contributed by atoms with van der Waals surface area (Å²) in [5.74, 6) is 0.831. The van der Waals surface area contributed by atoms with Crippen LogP contribution in [-0.2, 0) is 0 Å². The molecule has 0 aliphatic carbocycles. The first-order valence-electron chi connectivity index (χ1n) is 5.20. The molecular formula is C13H11FN2O2. The Bertz CT molecular complexity index is 550. The monoisotopic (exact) mass is 246 g/mol. The second-order valence-electron chi connectivity index (χ2n) is 3.57. The summed E-state index contributed by atoms with van der Waals surface area (Å²) in [6.45, 7) is 0. The molecule has 0 atom stereocenters. The van der Waals surface area contributed by atoms with Crippen molar-refractivity contribution in [1.29, 1.82) is 0 Å². The zero-order chi connectivity index (χ0) is 13.0. The van der Waals surface area contributed by atoms with E-state index in [0.29, 0.717) is 17.1 Å². The average molecular weight is 246 g/mol. The third-order valence-corrected chi connectivity index (χ3v) is 2.31. The van der Waals surface area contributed by atoms with Crippen LogP contribution in [0.1, 0.15) is 5.56 Å². The van der Waals surface area contributed by atoms with E-state index in [1.165, 1.54) is 24.3 Å². The summed E-state index contributed by atoms with van der Waals surface area (Å²) >= 11 is 0. The minimum atomic E-state index is -0.315. The van der Waals surface area contributed by atoms with Gasteiger partial charge in [0.25, 0.3) is 0 Å². The maximum Gasteiger partial charge on any atom is 0.170 e. The van der Waals surface area contributed by atoms with Gasteiger partial charge in [-0.25, -0.2) is 4.39 Å². The van der Waals surface area contributed by atoms with Crippen LogP contribution >= 0.6 is 0 Å². The van der Waals surface area contributed by atoms with Crippen LogP contribution in [0, 0.1) is 5.82 Å². The van der Waals surface area contributed by atoms with Gasteiger partial charge in [0.2, 0.25) is 0 Å². The van der Waals surface area contributed by atoms with E-state index in [2.05, 4.69) is 5.16 Å². The predicted octanol–water partition coefficient (Wildman–Crippen LogP) is 2.71. The Morgan fingerprint density at radius 2 is 1.50 bits per heavy atom. The molecule has 0 radical (unpaired) electrons. The molecule has 0 amide bonds. The Kier molecular flexibility index (Phi) is 3.43. The lowest BCUT2D eigenvalue weighted by Gasteiger charge is -2.06. The first-order valence-corrected chi connectivity index (χ1v) is 5.20. The van der Waals surface area contributed by atoms with Crippen molar-refractivity contribution >= 4 is 5.84 Å². The van der Waals surface area contributed by atoms with Crippen LogP contribution in [0.15, 0.2) is 53.7 Å². The van der Waals surface area contributed by atoms with E-state index in [-0.39, 0.29) is 11.7 Å². The summed E-state index contributed by atoms with van der Waals surface area (Å²) in [7, 11) is 0. The van der Waals surface area contributed by atoms with Crippen molar-refractivity contribution in [2.75, 3.05) is 0 Å². The van der Waals surface area contributed by atoms with E-state index < -0.39 is 0 Å². The Morgan fingerprint density at radius 1 is 1.00 bits per heavy atom. The van der Waals surface area contributed by atoms with Crippen LogP contribution in [0.3, 0.4) is 0 Å². The molecule has 0 aliphatic heterocycles. The van der Waals surface area contributed by atoms with Crippen molar-refractivity contribution in [3.8, 4) is 11.5 Å². The Morgan fingerprint density at radius 3 is 2.00 bits per heavy atom. The quantitative estimate of drug-likeness (QED) is 0.378. The summed E-state index contributed by atoms with van der Waals surface area (Å²) in [5.41, 5.74) is 6.02. The van der Waals surface area contributed by atoms with E-state index in [1.54, 1.807) is 24.3 Å². The lowest BCUT2D eigenvalue weighted by molar-refractivity contribution is 0.318. The molecule has 0 aromatic heterocycles. The van der Waals surface area contributed by atoms with Gasteiger partial charge in [-0.05, 0) is 48.5 Å². The highest BCUT2D eigenvalue weighted by Gasteiger charge is 2.01. The lowest BCUT2D eigenvalue weighted by atomic mass is 10.2. The van der Waals surface area contributed by atoms with Crippen LogP contribution in [0.4, 0.5) is 4.39 Å². The minimum Gasteiger partial charge on any atom is -0.457 e. The Hall–Kier alpha value is -2.56. The Labute approximate surface area is 103 Å². The van der Waals surface area contributed by atoms with Crippen molar-refractivity contribution in [3.05, 3.63) is 59.9 Å². The molecule has 3 N–H and O–H groups in total. The highest BCUT2D eigenvalue weighted by Crippen LogP contribution is 2.21. The van der Waals surface area contributed by atoms with E-state index >= 15 is 0 Å². The zero-order valence-electron chi connectivity index (χ0n) is 9.38. The highest BCUT2D eigenvalue weighted by molar-refractivity contribution is 5.97. The first kappa shape index (κ1) is 11.9. The maximum absolute atomic E-state index is 12.7. The van der Waals surface area contributed by atoms with Crippen LogP contribution in [0.5, 0.6) is 11.5 Å². The first-order chi connectivity index (χ1) is 8.69. The topological polar surface area (TPSA) is 67.8 Å². The number of amidine groups is 1. The van der Waals surface area contributed by atoms with Crippen molar-refractivity contribution in [2.45, 2.75) is 0 Å². The number of nitrogens with zero attached hydrogens (tertiary/aromatic N) is 1. The van der Waals surface area contributed by atoms with Crippen molar-refractivity contribution in [1.82, 2.24) is 0 Å². The molecule has 0 spiro atoms. The summed E-state index contributed by atoms with van der Waals surface area (Å²) in [4.78, 5) is 0. The van der Waals surface area contributed by atoms with E-state index in [9.17, 15) is 4.39 Å². The molecule has 4 nitrogen and oxygen atoms in total. The van der Waals surface area contributed by atoms with Crippen LogP contribution in [0.2, 0.25) is 0 Å². The van der Waals surface area contributed by atoms with Gasteiger partial charge in [0.1, 0.15) is 17.3 Å². The second-order valence-corrected chi connectivity index (χ2v) is 3.57. The highest BCUT2D eigenvalue weighted by atomic mass is 19.1. The van der Waals surface area contributed by atoms with Gasteiger partial charge in [-0.15, -0.1) is 0 Å². The fourth-order valence-corrected chi connectivity index (χ4v) is 1.39. The fourth-order valence-electron chi connectivity index (χ4n) is 1.39. The third-order valence-electron chi connectivity index (χ3n) is 2.31. The number of hydrogen-bond acceptors (Lipinski definition) is 3. The average Bonchev–Trinajstić information content (AvgIpc) is 2.41. The van der Waals surface area contributed by atoms with Crippen molar-refractivity contribution in [2.24, 2.45) is 10.9 Å². The van der Waals surface area contributed by atoms with Gasteiger partial charge in [0, 0.05) is 5.56 Å². The SMILES string of the molecule is N/C(=N\O)c1ccc(Oc2ccc(F)cc2)cc1. The number of oxime groups is 1. The van der Waals surface area contributed by atoms with Gasteiger partial charge in [0.15, 0.2) is 5.84 Å². The molecule has 0 heterocycles. The molecule has 92 valence electrons. The summed E-state index contributed by atoms with van der Waals surface area (Å²) in [6, 6.07) is 12.4. The molecule has 2 aromatic carbocycles. The van der Waals surface area contributed by atoms with Gasteiger partial charge in [-0.2, -0.15) is 0 Å². The summed E-state index contributed by atoms with van der Waals surface area (Å²) < 4.78 is 18.2. The maximum atomic E-state index is 12.7. The lowest BCUT2D eigenvalue weighted by Crippen LogP contribution is -2.12.